The van der Waals surface area contributed by atoms with Crippen LogP contribution in [0.1, 0.15) is 95.8 Å². The van der Waals surface area contributed by atoms with E-state index in [1.165, 1.54) is 19.1 Å². The average molecular weight is 1180 g/mol. The number of rotatable bonds is 17. The Kier molecular flexibility index (Phi) is 24.5. The van der Waals surface area contributed by atoms with Gasteiger partial charge in [0.1, 0.15) is 47.8 Å². The number of para-hydroxylation sites is 1. The molecule has 4 aromatic rings. The van der Waals surface area contributed by atoms with E-state index in [2.05, 4.69) is 52.8 Å². The molecule has 14 N–H and O–H groups in total. The van der Waals surface area contributed by atoms with Gasteiger partial charge in [-0.05, 0) is 108 Å². The standard InChI is InChI=1S/C57H78N10O13S2/c1-33(68)47-53(75)65-46(54(76)77)32-82-81-31-45(64-50(72)43(27-34-15-7-5-8-16-34)66-55(78)60-37-17-9-6-10-18-37)52(74)62-42(28-35-22-24-38(69)25-23-35)49(71)63-44(29-36-30-59-40-20-12-11-19-39(36)40)51(73)61-41(48(70)67-47)21-13-14-26-58-56(79)80-57(2,3)4/h5,7-8,11-12,15-16,19-20,22-25,30,33,37,41-47,49,59,63,68-69,71H,6,9-10,13-14,17-18,21,26-29,31-32H2,1-4H3,(H,58,79)(H,61,73)(H,62,74)(H,64,72)(H,65,75)(H,67,70)(H,76,77)(H2,60,66,78)/t33-,41?,42+,43-,44-,45+,46+,47+,49?/m1/s1. The number of unbranched alkanes of at least 4 members (excludes halogenated alkanes) is 1. The number of ether oxygens (including phenoxy) is 1. The number of nitrogens with one attached hydrogen (secondary N) is 10. The molecule has 8 amide bonds. The second-order valence-electron chi connectivity index (χ2n) is 21.7. The maximum absolute atomic E-state index is 14.9. The molecule has 23 nitrogen and oxygen atoms in total. The maximum atomic E-state index is 14.9. The first-order chi connectivity index (χ1) is 39.1. The molecule has 0 radical (unpaired) electrons. The van der Waals surface area contributed by atoms with E-state index in [1.807, 2.05) is 24.3 Å². The first-order valence-corrected chi connectivity index (χ1v) is 30.1. The summed E-state index contributed by atoms with van der Waals surface area (Å²) in [5, 5.41) is 69.3. The van der Waals surface area contributed by atoms with Crippen LogP contribution in [-0.4, -0.2) is 157 Å². The molecule has 1 aromatic heterocycles. The SMILES string of the molecule is C[C@@H](O)[C@@H]1NC(=O)C(CCCCNC(=O)OC(C)(C)C)NC(=O)[C@@H](Cc2c[nH]c3ccccc23)NC(O)[C@H](Cc2ccc(O)cc2)NC(=O)[C@@H](NC(=O)[C@@H](Cc2ccccc2)NC(=O)NC2CCCCC2)CSSC[C@@H](C(=O)O)NC1=O. The number of carbonyl (C=O) groups excluding carboxylic acids is 7. The molecule has 0 bridgehead atoms. The number of phenols is 1. The minimum atomic E-state index is -1.76. The molecule has 0 spiro atoms. The van der Waals surface area contributed by atoms with Crippen molar-refractivity contribution in [3.8, 4) is 5.75 Å². The summed E-state index contributed by atoms with van der Waals surface area (Å²) in [4.78, 5) is 115. The third kappa shape index (κ3) is 20.7. The largest absolute Gasteiger partial charge is 0.508 e. The number of aliphatic hydroxyl groups excluding tert-OH is 2. The summed E-state index contributed by atoms with van der Waals surface area (Å²) in [7, 11) is 1.92. The lowest BCUT2D eigenvalue weighted by Crippen LogP contribution is -2.63. The van der Waals surface area contributed by atoms with E-state index in [0.717, 1.165) is 64.6 Å². The zero-order chi connectivity index (χ0) is 59.3. The van der Waals surface area contributed by atoms with Gasteiger partial charge in [-0.15, -0.1) is 0 Å². The number of phenolic OH excluding ortho intramolecular Hbond substituents is 1. The first-order valence-electron chi connectivity index (χ1n) is 27.6. The highest BCUT2D eigenvalue weighted by Gasteiger charge is 2.37. The van der Waals surface area contributed by atoms with Crippen molar-refractivity contribution in [3.05, 3.63) is 102 Å². The number of aliphatic carboxylic acids is 1. The number of hydrogen-bond acceptors (Lipinski definition) is 15. The number of amides is 8. The molecule has 1 aliphatic carbocycles. The number of aromatic amines is 1. The van der Waals surface area contributed by atoms with Gasteiger partial charge in [-0.2, -0.15) is 0 Å². The van der Waals surface area contributed by atoms with Crippen LogP contribution in [0.5, 0.6) is 5.75 Å². The highest BCUT2D eigenvalue weighted by atomic mass is 33.1. The quantitative estimate of drug-likeness (QED) is 0.0533. The van der Waals surface area contributed by atoms with Crippen molar-refractivity contribution in [1.82, 2.24) is 52.8 Å². The van der Waals surface area contributed by atoms with E-state index >= 15 is 0 Å². The summed E-state index contributed by atoms with van der Waals surface area (Å²) >= 11 is 0. The molecule has 82 heavy (non-hydrogen) atoms. The molecule has 2 heterocycles. The second-order valence-corrected chi connectivity index (χ2v) is 24.2. The van der Waals surface area contributed by atoms with Crippen molar-refractivity contribution in [2.45, 2.75) is 165 Å². The normalized spacial score (nSPS) is 22.9. The Hall–Kier alpha value is -7.06. The average Bonchev–Trinajstić information content (AvgIpc) is 4.04. The number of urea groups is 1. The molecular formula is C57H78N10O13S2. The summed E-state index contributed by atoms with van der Waals surface area (Å²) in [5.41, 5.74) is 1.84. The molecule has 1 saturated carbocycles. The Balaban J connectivity index is 1.36. The van der Waals surface area contributed by atoms with Crippen molar-refractivity contribution < 1.29 is 63.5 Å². The monoisotopic (exact) mass is 1170 g/mol. The fourth-order valence-corrected chi connectivity index (χ4v) is 11.8. The van der Waals surface area contributed by atoms with E-state index in [-0.39, 0.29) is 61.9 Å². The Labute approximate surface area is 484 Å². The van der Waals surface area contributed by atoms with Gasteiger partial charge in [0, 0.05) is 47.6 Å². The van der Waals surface area contributed by atoms with Crippen LogP contribution in [0.3, 0.4) is 0 Å². The van der Waals surface area contributed by atoms with Gasteiger partial charge >= 0.3 is 18.1 Å². The van der Waals surface area contributed by atoms with Crippen LogP contribution in [0.15, 0.2) is 85.1 Å². The predicted octanol–water partition coefficient (Wildman–Crippen LogP) is 3.16. The van der Waals surface area contributed by atoms with Gasteiger partial charge in [-0.1, -0.05) is 102 Å². The third-order valence-electron chi connectivity index (χ3n) is 13.8. The number of aliphatic hydroxyl groups is 2. The molecule has 2 fully saturated rings. The number of aromatic nitrogens is 1. The lowest BCUT2D eigenvalue weighted by atomic mass is 9.96. The molecule has 2 aliphatic rings. The van der Waals surface area contributed by atoms with Crippen LogP contribution in [0.25, 0.3) is 10.9 Å². The van der Waals surface area contributed by atoms with Crippen LogP contribution in [0, 0.1) is 0 Å². The molecule has 446 valence electrons. The molecule has 25 heteroatoms. The van der Waals surface area contributed by atoms with E-state index in [1.54, 1.807) is 69.4 Å². The lowest BCUT2D eigenvalue weighted by Gasteiger charge is -2.32. The molecule has 6 rings (SSSR count). The van der Waals surface area contributed by atoms with E-state index < -0.39 is 108 Å². The lowest BCUT2D eigenvalue weighted by molar-refractivity contribution is -0.142. The van der Waals surface area contributed by atoms with Crippen LogP contribution >= 0.6 is 21.6 Å². The first kappa shape index (κ1) is 64.1. The fraction of sp³-hybridized carbons (Fsp3) is 0.509. The minimum absolute atomic E-state index is 0.0348. The number of carbonyl (C=O) groups is 8. The Bertz CT molecular complexity index is 2780. The summed E-state index contributed by atoms with van der Waals surface area (Å²) in [6.45, 7) is 6.48. The molecular weight excluding hydrogens is 1100 g/mol. The molecule has 1 aliphatic heterocycles. The number of hydrogen-bond donors (Lipinski definition) is 14. The number of carboxylic acids is 1. The zero-order valence-electron chi connectivity index (χ0n) is 46.5. The number of fused-ring (bicyclic) bond motifs is 1. The predicted molar refractivity (Wildman–Crippen MR) is 311 cm³/mol. The minimum Gasteiger partial charge on any atom is -0.508 e. The zero-order valence-corrected chi connectivity index (χ0v) is 48.2. The van der Waals surface area contributed by atoms with Gasteiger partial charge in [-0.3, -0.25) is 29.3 Å². The molecule has 1 saturated heterocycles. The Morgan fingerprint density at radius 1 is 0.756 bits per heavy atom. The van der Waals surface area contributed by atoms with Crippen LogP contribution in [0.2, 0.25) is 0 Å². The number of aromatic hydroxyl groups is 1. The summed E-state index contributed by atoms with van der Waals surface area (Å²) in [6, 6.07) is 11.6. The van der Waals surface area contributed by atoms with Crippen molar-refractivity contribution in [1.29, 1.82) is 0 Å². The van der Waals surface area contributed by atoms with Crippen molar-refractivity contribution in [2.75, 3.05) is 18.1 Å². The maximum Gasteiger partial charge on any atom is 0.407 e. The van der Waals surface area contributed by atoms with Crippen LogP contribution < -0.4 is 47.9 Å². The van der Waals surface area contributed by atoms with Gasteiger partial charge in [0.25, 0.3) is 0 Å². The van der Waals surface area contributed by atoms with Crippen molar-refractivity contribution in [2.24, 2.45) is 0 Å². The highest BCUT2D eigenvalue weighted by molar-refractivity contribution is 8.76. The summed E-state index contributed by atoms with van der Waals surface area (Å²) in [6.07, 6.45) is 2.46. The number of H-pyrrole nitrogens is 1. The Morgan fingerprint density at radius 3 is 2.13 bits per heavy atom. The number of benzene rings is 3. The molecule has 9 atom stereocenters. The summed E-state index contributed by atoms with van der Waals surface area (Å²) < 4.78 is 5.33. The number of alkyl carbamates (subject to hydrolysis) is 1. The Morgan fingerprint density at radius 2 is 1.44 bits per heavy atom. The van der Waals surface area contributed by atoms with E-state index in [4.69, 9.17) is 4.74 Å². The van der Waals surface area contributed by atoms with E-state index in [9.17, 15) is 58.8 Å². The van der Waals surface area contributed by atoms with Gasteiger partial charge in [0.05, 0.1) is 18.2 Å². The van der Waals surface area contributed by atoms with Crippen molar-refractivity contribution in [3.63, 3.8) is 0 Å². The molecule has 2 unspecified atom stereocenters. The topological polar surface area (TPSA) is 351 Å². The van der Waals surface area contributed by atoms with E-state index in [0.29, 0.717) is 23.1 Å². The third-order valence-corrected chi connectivity index (χ3v) is 16.2. The molecule has 3 aromatic carbocycles. The van der Waals surface area contributed by atoms with Gasteiger partial charge in [0.15, 0.2) is 0 Å². The van der Waals surface area contributed by atoms with Crippen LogP contribution in [0.4, 0.5) is 9.59 Å². The highest BCUT2D eigenvalue weighted by Crippen LogP contribution is 2.25. The fourth-order valence-electron chi connectivity index (χ4n) is 9.47. The second kappa shape index (κ2) is 31.4. The summed E-state index contributed by atoms with van der Waals surface area (Å²) in [5.74, 6) is -6.38. The van der Waals surface area contributed by atoms with Gasteiger partial charge in [0.2, 0.25) is 29.5 Å². The smallest absolute Gasteiger partial charge is 0.407 e. The number of carboxylic acid groups (broad SMARTS) is 1. The van der Waals surface area contributed by atoms with Crippen molar-refractivity contribution >= 4 is 80.1 Å². The van der Waals surface area contributed by atoms with Crippen LogP contribution in [-0.2, 0) is 52.8 Å². The van der Waals surface area contributed by atoms with Gasteiger partial charge in [-0.25, -0.2) is 14.4 Å². The van der Waals surface area contributed by atoms with Gasteiger partial charge < -0.3 is 72.7 Å².